The van der Waals surface area contributed by atoms with Gasteiger partial charge in [-0.05, 0) is 37.0 Å². The average molecular weight is 291 g/mol. The molecule has 0 unspecified atom stereocenters. The summed E-state index contributed by atoms with van der Waals surface area (Å²) in [7, 11) is 1.60. The van der Waals surface area contributed by atoms with Crippen molar-refractivity contribution in [2.24, 2.45) is 11.8 Å². The van der Waals surface area contributed by atoms with E-state index in [-0.39, 0.29) is 17.8 Å². The molecule has 1 aromatic rings. The first-order valence-corrected chi connectivity index (χ1v) is 7.12. The van der Waals surface area contributed by atoms with Crippen LogP contribution >= 0.6 is 0 Å². The molecule has 5 heteroatoms. The van der Waals surface area contributed by atoms with Crippen LogP contribution in [0.4, 0.5) is 0 Å². The molecule has 5 nitrogen and oxygen atoms in total. The van der Waals surface area contributed by atoms with E-state index in [1.807, 2.05) is 31.2 Å². The lowest BCUT2D eigenvalue weighted by molar-refractivity contribution is -0.156. The van der Waals surface area contributed by atoms with Gasteiger partial charge in [-0.25, -0.2) is 0 Å². The van der Waals surface area contributed by atoms with Gasteiger partial charge in [0.2, 0.25) is 0 Å². The molecule has 1 amide bonds. The van der Waals surface area contributed by atoms with E-state index in [1.54, 1.807) is 14.0 Å². The molecule has 2 rings (SSSR count). The van der Waals surface area contributed by atoms with Crippen LogP contribution in [0.1, 0.15) is 25.8 Å². The van der Waals surface area contributed by atoms with Crippen molar-refractivity contribution in [3.05, 3.63) is 29.8 Å². The second-order valence-electron chi connectivity index (χ2n) is 5.46. The van der Waals surface area contributed by atoms with Crippen LogP contribution in [0.3, 0.4) is 0 Å². The van der Waals surface area contributed by atoms with Crippen molar-refractivity contribution in [1.29, 1.82) is 0 Å². The molecule has 0 spiro atoms. The summed E-state index contributed by atoms with van der Waals surface area (Å²) in [4.78, 5) is 23.5. The minimum Gasteiger partial charge on any atom is -0.497 e. The van der Waals surface area contributed by atoms with Gasteiger partial charge in [-0.15, -0.1) is 0 Å². The van der Waals surface area contributed by atoms with Crippen LogP contribution in [-0.2, 0) is 20.9 Å². The molecule has 114 valence electrons. The fourth-order valence-corrected chi connectivity index (χ4v) is 2.04. The molecule has 0 saturated heterocycles. The first-order valence-electron chi connectivity index (χ1n) is 7.12. The third-order valence-electron chi connectivity index (χ3n) is 3.70. The second-order valence-corrected chi connectivity index (χ2v) is 5.46. The Morgan fingerprint density at radius 1 is 1.33 bits per heavy atom. The first-order chi connectivity index (χ1) is 10.0. The zero-order valence-electron chi connectivity index (χ0n) is 12.6. The van der Waals surface area contributed by atoms with Crippen LogP contribution in [0.2, 0.25) is 0 Å². The minimum atomic E-state index is -0.761. The number of carbonyl (C=O) groups is 2. The molecule has 3 atom stereocenters. The number of esters is 1. The quantitative estimate of drug-likeness (QED) is 0.813. The lowest BCUT2D eigenvalue weighted by Gasteiger charge is -2.13. The smallest absolute Gasteiger partial charge is 0.309 e. The highest BCUT2D eigenvalue weighted by molar-refractivity contribution is 5.84. The molecule has 0 heterocycles. The van der Waals surface area contributed by atoms with Gasteiger partial charge in [-0.3, -0.25) is 9.59 Å². The SMILES string of the molecule is COc1ccc(CNC(=O)[C@H](C)OC(=O)[C@@H]2C[C@H]2C)cc1. The number of amides is 1. The third kappa shape index (κ3) is 4.21. The van der Waals surface area contributed by atoms with E-state index >= 15 is 0 Å². The highest BCUT2D eigenvalue weighted by atomic mass is 16.5. The van der Waals surface area contributed by atoms with Crippen molar-refractivity contribution in [2.45, 2.75) is 32.9 Å². The van der Waals surface area contributed by atoms with Gasteiger partial charge < -0.3 is 14.8 Å². The molecule has 1 aliphatic rings. The number of carbonyl (C=O) groups excluding carboxylic acids is 2. The van der Waals surface area contributed by atoms with Crippen molar-refractivity contribution in [3.8, 4) is 5.75 Å². The van der Waals surface area contributed by atoms with Crippen molar-refractivity contribution >= 4 is 11.9 Å². The van der Waals surface area contributed by atoms with Crippen LogP contribution in [0.25, 0.3) is 0 Å². The largest absolute Gasteiger partial charge is 0.497 e. The molecule has 1 saturated carbocycles. The Kier molecular flexibility index (Phi) is 4.83. The Labute approximate surface area is 124 Å². The summed E-state index contributed by atoms with van der Waals surface area (Å²) < 4.78 is 10.2. The Morgan fingerprint density at radius 3 is 2.48 bits per heavy atom. The van der Waals surface area contributed by atoms with Crippen molar-refractivity contribution in [3.63, 3.8) is 0 Å². The molecule has 1 aliphatic carbocycles. The lowest BCUT2D eigenvalue weighted by atomic mass is 10.2. The van der Waals surface area contributed by atoms with E-state index in [0.717, 1.165) is 17.7 Å². The van der Waals surface area contributed by atoms with E-state index in [1.165, 1.54) is 0 Å². The predicted octanol–water partition coefficient (Wildman–Crippen LogP) is 1.90. The summed E-state index contributed by atoms with van der Waals surface area (Å²) in [5.41, 5.74) is 0.957. The number of ether oxygens (including phenoxy) is 2. The molecule has 1 aromatic carbocycles. The molecule has 0 radical (unpaired) electrons. The lowest BCUT2D eigenvalue weighted by Crippen LogP contribution is -2.35. The topological polar surface area (TPSA) is 64.6 Å². The third-order valence-corrected chi connectivity index (χ3v) is 3.70. The van der Waals surface area contributed by atoms with E-state index in [2.05, 4.69) is 5.32 Å². The molecule has 0 aliphatic heterocycles. The monoisotopic (exact) mass is 291 g/mol. The Morgan fingerprint density at radius 2 is 1.95 bits per heavy atom. The number of nitrogens with one attached hydrogen (secondary N) is 1. The Balaban J connectivity index is 1.76. The predicted molar refractivity (Wildman–Crippen MR) is 77.7 cm³/mol. The van der Waals surface area contributed by atoms with Gasteiger partial charge in [0, 0.05) is 6.54 Å². The summed E-state index contributed by atoms with van der Waals surface area (Å²) in [5.74, 6) is 0.571. The van der Waals surface area contributed by atoms with Gasteiger partial charge in [0.1, 0.15) is 5.75 Å². The van der Waals surface area contributed by atoms with Gasteiger partial charge in [0.25, 0.3) is 5.91 Å². The molecular formula is C16H21NO4. The normalized spacial score (nSPS) is 21.3. The maximum Gasteiger partial charge on any atom is 0.309 e. The van der Waals surface area contributed by atoms with Gasteiger partial charge in [0.05, 0.1) is 13.0 Å². The van der Waals surface area contributed by atoms with Crippen molar-refractivity contribution < 1.29 is 19.1 Å². The summed E-state index contributed by atoms with van der Waals surface area (Å²) in [6.45, 7) is 3.99. The van der Waals surface area contributed by atoms with Gasteiger partial charge >= 0.3 is 5.97 Å². The molecule has 1 N–H and O–H groups in total. The fraction of sp³-hybridized carbons (Fsp3) is 0.500. The van der Waals surface area contributed by atoms with Crippen LogP contribution in [0, 0.1) is 11.8 Å². The summed E-state index contributed by atoms with van der Waals surface area (Å²) in [6.07, 6.45) is 0.0995. The first kappa shape index (κ1) is 15.4. The summed E-state index contributed by atoms with van der Waals surface area (Å²) >= 11 is 0. The maximum absolute atomic E-state index is 11.9. The molecular weight excluding hydrogens is 270 g/mol. The minimum absolute atomic E-state index is 0.0261. The van der Waals surface area contributed by atoms with E-state index in [4.69, 9.17) is 9.47 Å². The van der Waals surface area contributed by atoms with Crippen LogP contribution < -0.4 is 10.1 Å². The molecule has 1 fully saturated rings. The molecule has 21 heavy (non-hydrogen) atoms. The van der Waals surface area contributed by atoms with E-state index in [0.29, 0.717) is 12.5 Å². The number of hydrogen-bond acceptors (Lipinski definition) is 4. The standard InChI is InChI=1S/C16H21NO4/c1-10-8-14(10)16(19)21-11(2)15(18)17-9-12-4-6-13(20-3)7-5-12/h4-7,10-11,14H,8-9H2,1-3H3,(H,17,18)/t10-,11+,14-/m1/s1. The summed E-state index contributed by atoms with van der Waals surface area (Å²) in [5, 5.41) is 2.76. The van der Waals surface area contributed by atoms with Gasteiger partial charge in [0.15, 0.2) is 6.10 Å². The van der Waals surface area contributed by atoms with Crippen LogP contribution in [0.15, 0.2) is 24.3 Å². The number of rotatable bonds is 6. The van der Waals surface area contributed by atoms with E-state index in [9.17, 15) is 9.59 Å². The fourth-order valence-electron chi connectivity index (χ4n) is 2.04. The Bertz CT molecular complexity index is 512. The second kappa shape index (κ2) is 6.61. The van der Waals surface area contributed by atoms with Crippen LogP contribution in [0.5, 0.6) is 5.75 Å². The van der Waals surface area contributed by atoms with Crippen molar-refractivity contribution in [1.82, 2.24) is 5.32 Å². The maximum atomic E-state index is 11.9. The van der Waals surface area contributed by atoms with E-state index < -0.39 is 6.10 Å². The average Bonchev–Trinajstić information content (AvgIpc) is 3.22. The zero-order chi connectivity index (χ0) is 15.4. The molecule has 0 bridgehead atoms. The van der Waals surface area contributed by atoms with Gasteiger partial charge in [-0.2, -0.15) is 0 Å². The zero-order valence-corrected chi connectivity index (χ0v) is 12.6. The number of benzene rings is 1. The highest BCUT2D eigenvalue weighted by Gasteiger charge is 2.41. The number of methoxy groups -OCH3 is 1. The number of hydrogen-bond donors (Lipinski definition) is 1. The Hall–Kier alpha value is -2.04. The highest BCUT2D eigenvalue weighted by Crippen LogP contribution is 2.38. The summed E-state index contributed by atoms with van der Waals surface area (Å²) in [6, 6.07) is 7.42. The van der Waals surface area contributed by atoms with Crippen LogP contribution in [-0.4, -0.2) is 25.1 Å². The van der Waals surface area contributed by atoms with Crippen molar-refractivity contribution in [2.75, 3.05) is 7.11 Å². The van der Waals surface area contributed by atoms with Gasteiger partial charge in [-0.1, -0.05) is 19.1 Å². The molecule has 0 aromatic heterocycles.